The van der Waals surface area contributed by atoms with Crippen LogP contribution >= 0.6 is 23.2 Å². The van der Waals surface area contributed by atoms with Crippen LogP contribution in [0.2, 0.25) is 10.0 Å². The fraction of sp³-hybridized carbons (Fsp3) is 0.316. The fourth-order valence-electron chi connectivity index (χ4n) is 2.98. The van der Waals surface area contributed by atoms with E-state index in [2.05, 4.69) is 10.2 Å². The zero-order chi connectivity index (χ0) is 16.9. The quantitative estimate of drug-likeness (QED) is 0.874. The summed E-state index contributed by atoms with van der Waals surface area (Å²) >= 11 is 12.2. The first-order valence-electron chi connectivity index (χ1n) is 8.14. The van der Waals surface area contributed by atoms with Gasteiger partial charge in [-0.25, -0.2) is 0 Å². The van der Waals surface area contributed by atoms with Crippen molar-refractivity contribution in [3.8, 4) is 0 Å². The van der Waals surface area contributed by atoms with Crippen LogP contribution in [0, 0.1) is 0 Å². The third kappa shape index (κ3) is 4.50. The van der Waals surface area contributed by atoms with Gasteiger partial charge in [0.1, 0.15) is 0 Å². The third-order valence-corrected chi connectivity index (χ3v) is 4.95. The van der Waals surface area contributed by atoms with Crippen molar-refractivity contribution in [1.82, 2.24) is 10.2 Å². The van der Waals surface area contributed by atoms with Crippen LogP contribution in [-0.2, 0) is 6.54 Å². The summed E-state index contributed by atoms with van der Waals surface area (Å²) in [5.41, 5.74) is 1.81. The van der Waals surface area contributed by atoms with Crippen LogP contribution in [0.1, 0.15) is 28.8 Å². The molecule has 24 heavy (non-hydrogen) atoms. The summed E-state index contributed by atoms with van der Waals surface area (Å²) in [6.07, 6.45) is 1.90. The predicted molar refractivity (Wildman–Crippen MR) is 98.7 cm³/mol. The monoisotopic (exact) mass is 362 g/mol. The van der Waals surface area contributed by atoms with E-state index in [9.17, 15) is 4.79 Å². The molecule has 1 fully saturated rings. The van der Waals surface area contributed by atoms with Crippen LogP contribution in [0.4, 0.5) is 0 Å². The molecular weight excluding hydrogens is 343 g/mol. The molecule has 5 heteroatoms. The average molecular weight is 363 g/mol. The number of hydrogen-bond acceptors (Lipinski definition) is 2. The number of rotatable bonds is 4. The molecule has 0 aliphatic carbocycles. The summed E-state index contributed by atoms with van der Waals surface area (Å²) in [4.78, 5) is 14.6. The number of nitrogens with zero attached hydrogens (tertiary/aromatic N) is 1. The lowest BCUT2D eigenvalue weighted by Crippen LogP contribution is -2.44. The van der Waals surface area contributed by atoms with E-state index in [0.717, 1.165) is 38.0 Å². The van der Waals surface area contributed by atoms with Gasteiger partial charge in [0.15, 0.2) is 0 Å². The highest BCUT2D eigenvalue weighted by Crippen LogP contribution is 2.23. The second-order valence-corrected chi connectivity index (χ2v) is 6.97. The number of nitrogens with one attached hydrogen (secondary N) is 1. The van der Waals surface area contributed by atoms with Crippen LogP contribution in [-0.4, -0.2) is 29.9 Å². The van der Waals surface area contributed by atoms with E-state index in [1.807, 2.05) is 42.5 Å². The van der Waals surface area contributed by atoms with E-state index in [4.69, 9.17) is 23.2 Å². The van der Waals surface area contributed by atoms with Crippen LogP contribution < -0.4 is 5.32 Å². The first kappa shape index (κ1) is 17.3. The van der Waals surface area contributed by atoms with Gasteiger partial charge in [0.2, 0.25) is 0 Å². The molecule has 1 aliphatic rings. The maximum absolute atomic E-state index is 12.2. The molecule has 1 saturated heterocycles. The Morgan fingerprint density at radius 1 is 1.08 bits per heavy atom. The number of amides is 1. The maximum atomic E-state index is 12.2. The lowest BCUT2D eigenvalue weighted by molar-refractivity contribution is 0.0909. The number of carbonyl (C=O) groups is 1. The van der Waals surface area contributed by atoms with Gasteiger partial charge in [0.05, 0.1) is 0 Å². The normalized spacial score (nSPS) is 16.1. The number of piperidine rings is 1. The molecule has 1 N–H and O–H groups in total. The van der Waals surface area contributed by atoms with Crippen molar-refractivity contribution < 1.29 is 4.79 Å². The Hall–Kier alpha value is -1.55. The molecule has 0 bridgehead atoms. The predicted octanol–water partition coefficient (Wildman–Crippen LogP) is 4.39. The van der Waals surface area contributed by atoms with Gasteiger partial charge in [-0.2, -0.15) is 0 Å². The highest BCUT2D eigenvalue weighted by atomic mass is 35.5. The first-order valence-corrected chi connectivity index (χ1v) is 8.89. The molecule has 1 heterocycles. The number of likely N-dealkylation sites (tertiary alicyclic amines) is 1. The van der Waals surface area contributed by atoms with Crippen molar-refractivity contribution in [2.75, 3.05) is 13.1 Å². The molecule has 0 radical (unpaired) electrons. The van der Waals surface area contributed by atoms with Gasteiger partial charge in [0.25, 0.3) is 5.91 Å². The Morgan fingerprint density at radius 2 is 1.79 bits per heavy atom. The topological polar surface area (TPSA) is 32.3 Å². The minimum absolute atomic E-state index is 0.00907. The van der Waals surface area contributed by atoms with Gasteiger partial charge in [-0.15, -0.1) is 0 Å². The molecule has 2 aromatic rings. The summed E-state index contributed by atoms with van der Waals surface area (Å²) in [6, 6.07) is 15.2. The Kier molecular flexibility index (Phi) is 5.77. The molecule has 2 aromatic carbocycles. The zero-order valence-electron chi connectivity index (χ0n) is 13.3. The van der Waals surface area contributed by atoms with Crippen LogP contribution in [0.5, 0.6) is 0 Å². The molecule has 0 spiro atoms. The zero-order valence-corrected chi connectivity index (χ0v) is 14.9. The van der Waals surface area contributed by atoms with Crippen LogP contribution in [0.15, 0.2) is 48.5 Å². The van der Waals surface area contributed by atoms with E-state index in [0.29, 0.717) is 15.6 Å². The lowest BCUT2D eigenvalue weighted by atomic mass is 10.0. The Labute approximate surface area is 152 Å². The van der Waals surface area contributed by atoms with Gasteiger partial charge < -0.3 is 5.32 Å². The minimum atomic E-state index is 0.00907. The molecule has 1 amide bonds. The number of carbonyl (C=O) groups excluding carboxylic acids is 1. The summed E-state index contributed by atoms with van der Waals surface area (Å²) < 4.78 is 0. The largest absolute Gasteiger partial charge is 0.349 e. The van der Waals surface area contributed by atoms with E-state index in [-0.39, 0.29) is 11.9 Å². The van der Waals surface area contributed by atoms with Gasteiger partial charge in [-0.3, -0.25) is 9.69 Å². The van der Waals surface area contributed by atoms with Gasteiger partial charge in [-0.05, 0) is 42.7 Å². The number of benzene rings is 2. The van der Waals surface area contributed by atoms with Crippen molar-refractivity contribution >= 4 is 29.1 Å². The molecule has 3 nitrogen and oxygen atoms in total. The highest BCUT2D eigenvalue weighted by molar-refractivity contribution is 6.35. The lowest BCUT2D eigenvalue weighted by Gasteiger charge is -2.32. The highest BCUT2D eigenvalue weighted by Gasteiger charge is 2.21. The Morgan fingerprint density at radius 3 is 2.46 bits per heavy atom. The first-order chi connectivity index (χ1) is 11.6. The van der Waals surface area contributed by atoms with E-state index in [1.54, 1.807) is 6.07 Å². The molecule has 0 atom stereocenters. The van der Waals surface area contributed by atoms with E-state index >= 15 is 0 Å². The summed E-state index contributed by atoms with van der Waals surface area (Å²) in [6.45, 7) is 2.70. The third-order valence-electron chi connectivity index (χ3n) is 4.37. The van der Waals surface area contributed by atoms with Gasteiger partial charge >= 0.3 is 0 Å². The summed E-state index contributed by atoms with van der Waals surface area (Å²) in [5.74, 6) is 0.00907. The number of halogens is 2. The van der Waals surface area contributed by atoms with Crippen molar-refractivity contribution in [2.24, 2.45) is 0 Å². The summed E-state index contributed by atoms with van der Waals surface area (Å²) in [7, 11) is 0. The molecule has 0 aromatic heterocycles. The van der Waals surface area contributed by atoms with Crippen LogP contribution in [0.25, 0.3) is 0 Å². The van der Waals surface area contributed by atoms with Crippen LogP contribution in [0.3, 0.4) is 0 Å². The second-order valence-electron chi connectivity index (χ2n) is 6.13. The molecule has 1 aliphatic heterocycles. The molecular formula is C19H20Cl2N2O. The van der Waals surface area contributed by atoms with Gasteiger partial charge in [-0.1, -0.05) is 47.5 Å². The molecule has 3 rings (SSSR count). The van der Waals surface area contributed by atoms with Crippen molar-refractivity contribution in [2.45, 2.75) is 25.4 Å². The SMILES string of the molecule is O=C(NC1CCN(Cc2ccc(Cl)cc2Cl)CC1)c1ccccc1. The second kappa shape index (κ2) is 8.02. The number of hydrogen-bond donors (Lipinski definition) is 1. The van der Waals surface area contributed by atoms with Crippen molar-refractivity contribution in [1.29, 1.82) is 0 Å². The minimum Gasteiger partial charge on any atom is -0.349 e. The molecule has 126 valence electrons. The molecule has 0 unspecified atom stereocenters. The Balaban J connectivity index is 1.50. The Bertz CT molecular complexity index is 698. The van der Waals surface area contributed by atoms with E-state index < -0.39 is 0 Å². The molecule has 0 saturated carbocycles. The smallest absolute Gasteiger partial charge is 0.251 e. The van der Waals surface area contributed by atoms with Crippen molar-refractivity contribution in [3.05, 3.63) is 69.7 Å². The fourth-order valence-corrected chi connectivity index (χ4v) is 3.45. The van der Waals surface area contributed by atoms with E-state index in [1.165, 1.54) is 0 Å². The standard InChI is InChI=1S/C19H20Cl2N2O/c20-16-7-6-15(18(21)12-16)13-23-10-8-17(9-11-23)22-19(24)14-4-2-1-3-5-14/h1-7,12,17H,8-11,13H2,(H,22,24). The summed E-state index contributed by atoms with van der Waals surface area (Å²) in [5, 5.41) is 4.50. The van der Waals surface area contributed by atoms with Crippen molar-refractivity contribution in [3.63, 3.8) is 0 Å². The average Bonchev–Trinajstić information content (AvgIpc) is 2.60. The van der Waals surface area contributed by atoms with Gasteiger partial charge in [0, 0.05) is 41.3 Å². The maximum Gasteiger partial charge on any atom is 0.251 e.